The highest BCUT2D eigenvalue weighted by Gasteiger charge is 2.46. The van der Waals surface area contributed by atoms with Crippen LogP contribution in [0.1, 0.15) is 67.9 Å². The lowest BCUT2D eigenvalue weighted by molar-refractivity contribution is 0.00988. The van der Waals surface area contributed by atoms with Crippen LogP contribution in [0.5, 0.6) is 0 Å². The molecule has 0 radical (unpaired) electrons. The Morgan fingerprint density at radius 3 is 2.50 bits per heavy atom. The molecule has 0 saturated heterocycles. The fraction of sp³-hybridized carbons (Fsp3) is 0.407. The van der Waals surface area contributed by atoms with Gasteiger partial charge in [0.05, 0.1) is 0 Å². The highest BCUT2D eigenvalue weighted by Crippen LogP contribution is 2.53. The fourth-order valence-corrected chi connectivity index (χ4v) is 4.90. The highest BCUT2D eigenvalue weighted by atomic mass is 79.9. The van der Waals surface area contributed by atoms with Gasteiger partial charge in [-0.05, 0) is 74.1 Å². The van der Waals surface area contributed by atoms with Crippen molar-refractivity contribution in [2.24, 2.45) is 0 Å². The van der Waals surface area contributed by atoms with Gasteiger partial charge in [0.15, 0.2) is 0 Å². The van der Waals surface area contributed by atoms with E-state index in [1.807, 2.05) is 0 Å². The number of fused-ring (bicyclic) bond motifs is 1. The smallest absolute Gasteiger partial charge is 0.141 e. The molecule has 0 N–H and O–H groups in total. The van der Waals surface area contributed by atoms with Gasteiger partial charge in [0.1, 0.15) is 5.60 Å². The summed E-state index contributed by atoms with van der Waals surface area (Å²) in [7, 11) is 0. The van der Waals surface area contributed by atoms with Crippen molar-refractivity contribution in [2.45, 2.75) is 64.3 Å². The number of ether oxygens (including phenoxy) is 1. The van der Waals surface area contributed by atoms with Crippen LogP contribution in [0.4, 0.5) is 0 Å². The van der Waals surface area contributed by atoms with Crippen molar-refractivity contribution in [2.75, 3.05) is 6.61 Å². The molecule has 2 atom stereocenters. The number of aryl methyl sites for hydroxylation is 2. The van der Waals surface area contributed by atoms with Gasteiger partial charge >= 0.3 is 0 Å². The maximum absolute atomic E-state index is 6.92. The lowest BCUT2D eigenvalue weighted by Gasteiger charge is -2.35. The zero-order chi connectivity index (χ0) is 21.9. The van der Waals surface area contributed by atoms with Crippen molar-refractivity contribution in [3.05, 3.63) is 86.4 Å². The zero-order valence-corrected chi connectivity index (χ0v) is 21.9. The van der Waals surface area contributed by atoms with Crippen molar-refractivity contribution >= 4 is 37.4 Å². The molecule has 0 amide bonds. The quantitative estimate of drug-likeness (QED) is 0.244. The lowest BCUT2D eigenvalue weighted by atomic mass is 9.80. The van der Waals surface area contributed by atoms with Crippen LogP contribution in [0.2, 0.25) is 0 Å². The van der Waals surface area contributed by atoms with Crippen LogP contribution < -0.4 is 0 Å². The molecule has 0 spiro atoms. The van der Waals surface area contributed by atoms with Crippen LogP contribution in [-0.4, -0.2) is 11.4 Å². The first-order chi connectivity index (χ1) is 14.3. The molecule has 2 unspecified atom stereocenters. The van der Waals surface area contributed by atoms with Gasteiger partial charge in [-0.1, -0.05) is 93.6 Å². The largest absolute Gasteiger partial charge is 0.361 e. The van der Waals surface area contributed by atoms with Crippen molar-refractivity contribution in [1.29, 1.82) is 0 Å². The molecule has 0 saturated carbocycles. The van der Waals surface area contributed by atoms with Crippen molar-refractivity contribution < 1.29 is 4.74 Å². The maximum atomic E-state index is 6.92. The predicted octanol–water partition coefficient (Wildman–Crippen LogP) is 8.64. The predicted molar refractivity (Wildman–Crippen MR) is 136 cm³/mol. The highest BCUT2D eigenvalue weighted by molar-refractivity contribution is 9.10. The topological polar surface area (TPSA) is 9.23 Å². The van der Waals surface area contributed by atoms with Gasteiger partial charge < -0.3 is 4.74 Å². The summed E-state index contributed by atoms with van der Waals surface area (Å²) in [6.45, 7) is 11.7. The summed E-state index contributed by atoms with van der Waals surface area (Å²) in [5, 5.41) is 0. The number of benzene rings is 2. The van der Waals surface area contributed by atoms with Gasteiger partial charge in [-0.2, -0.15) is 0 Å². The SMILES string of the molecule is CCCCCOC1(c2cc(C)ccc2C)C(C)=C(/C=C\C(C)Br)c2ccc(Br)cc21. The van der Waals surface area contributed by atoms with Gasteiger partial charge in [0.2, 0.25) is 0 Å². The minimum atomic E-state index is -0.557. The first-order valence-corrected chi connectivity index (χ1v) is 12.6. The van der Waals surface area contributed by atoms with Crippen LogP contribution in [0.25, 0.3) is 5.57 Å². The summed E-state index contributed by atoms with van der Waals surface area (Å²) in [5.41, 5.74) is 8.25. The summed E-state index contributed by atoms with van der Waals surface area (Å²) in [6, 6.07) is 13.3. The Balaban J connectivity index is 2.28. The van der Waals surface area contributed by atoms with E-state index in [-0.39, 0.29) is 0 Å². The van der Waals surface area contributed by atoms with Crippen molar-refractivity contribution in [3.8, 4) is 0 Å². The molecule has 3 rings (SSSR count). The second kappa shape index (κ2) is 9.97. The molecule has 0 heterocycles. The van der Waals surface area contributed by atoms with E-state index in [1.54, 1.807) is 0 Å². The molecule has 1 aliphatic rings. The summed E-state index contributed by atoms with van der Waals surface area (Å²) >= 11 is 7.38. The summed E-state index contributed by atoms with van der Waals surface area (Å²) < 4.78 is 8.00. The number of hydrogen-bond acceptors (Lipinski definition) is 1. The number of unbranched alkanes of at least 4 members (excludes halogenated alkanes) is 2. The summed E-state index contributed by atoms with van der Waals surface area (Å²) in [5.74, 6) is 0. The Hall–Kier alpha value is -1.16. The van der Waals surface area contributed by atoms with Crippen LogP contribution in [0.15, 0.2) is 58.6 Å². The molecule has 0 aliphatic heterocycles. The normalized spacial score (nSPS) is 19.6. The monoisotopic (exact) mass is 530 g/mol. The van der Waals surface area contributed by atoms with Crippen molar-refractivity contribution in [3.63, 3.8) is 0 Å². The van der Waals surface area contributed by atoms with Crippen LogP contribution in [0, 0.1) is 13.8 Å². The molecule has 2 aromatic rings. The van der Waals surface area contributed by atoms with E-state index in [4.69, 9.17) is 4.74 Å². The molecule has 1 aliphatic carbocycles. The molecule has 30 heavy (non-hydrogen) atoms. The molecule has 0 bridgehead atoms. The van der Waals surface area contributed by atoms with E-state index in [0.717, 1.165) is 17.5 Å². The van der Waals surface area contributed by atoms with E-state index >= 15 is 0 Å². The second-order valence-electron chi connectivity index (χ2n) is 8.32. The number of alkyl halides is 1. The van der Waals surface area contributed by atoms with Gasteiger partial charge in [0, 0.05) is 21.5 Å². The zero-order valence-electron chi connectivity index (χ0n) is 18.7. The Morgan fingerprint density at radius 1 is 1.03 bits per heavy atom. The maximum Gasteiger partial charge on any atom is 0.141 e. The average molecular weight is 532 g/mol. The third-order valence-electron chi connectivity index (χ3n) is 5.95. The van der Waals surface area contributed by atoms with Crippen LogP contribution in [0.3, 0.4) is 0 Å². The first kappa shape index (κ1) is 23.5. The van der Waals surface area contributed by atoms with Crippen molar-refractivity contribution in [1.82, 2.24) is 0 Å². The number of hydrogen-bond donors (Lipinski definition) is 0. The summed E-state index contributed by atoms with van der Waals surface area (Å²) in [6.07, 6.45) is 7.91. The number of allylic oxidation sites excluding steroid dienone is 3. The molecule has 160 valence electrons. The standard InChI is InChI=1S/C27H32Br2O/c1-6-7-8-15-30-27(25-16-18(2)9-10-19(25)3)21(5)23(13-11-20(4)28)24-14-12-22(29)17-26(24)27/h9-14,16-17,20H,6-8,15H2,1-5H3/b13-11-. The number of halogens is 2. The van der Waals surface area contributed by atoms with E-state index in [0.29, 0.717) is 4.83 Å². The van der Waals surface area contributed by atoms with Gasteiger partial charge in [0.25, 0.3) is 0 Å². The van der Waals surface area contributed by atoms with E-state index in [2.05, 4.69) is 115 Å². The Labute approximate surface area is 198 Å². The van der Waals surface area contributed by atoms with Crippen LogP contribution in [-0.2, 0) is 10.3 Å². The third-order valence-corrected chi connectivity index (χ3v) is 6.75. The minimum Gasteiger partial charge on any atom is -0.361 e. The number of rotatable bonds is 8. The fourth-order valence-electron chi connectivity index (χ4n) is 4.38. The summed E-state index contributed by atoms with van der Waals surface area (Å²) in [4.78, 5) is 0.317. The van der Waals surface area contributed by atoms with Gasteiger partial charge in [-0.25, -0.2) is 0 Å². The molecule has 0 aromatic heterocycles. The van der Waals surface area contributed by atoms with Gasteiger partial charge in [-0.15, -0.1) is 0 Å². The minimum absolute atomic E-state index is 0.317. The Bertz CT molecular complexity index is 971. The van der Waals surface area contributed by atoms with E-state index < -0.39 is 5.60 Å². The Morgan fingerprint density at radius 2 is 1.80 bits per heavy atom. The molecular weight excluding hydrogens is 500 g/mol. The first-order valence-electron chi connectivity index (χ1n) is 10.9. The molecule has 1 nitrogen and oxygen atoms in total. The molecule has 3 heteroatoms. The van der Waals surface area contributed by atoms with Gasteiger partial charge in [-0.3, -0.25) is 0 Å². The third kappa shape index (κ3) is 4.54. The molecule has 2 aromatic carbocycles. The lowest BCUT2D eigenvalue weighted by Crippen LogP contribution is -2.32. The Kier molecular flexibility index (Phi) is 7.81. The average Bonchev–Trinajstić information content (AvgIpc) is 2.93. The van der Waals surface area contributed by atoms with E-state index in [9.17, 15) is 0 Å². The molecule has 0 fully saturated rings. The van der Waals surface area contributed by atoms with E-state index in [1.165, 1.54) is 51.8 Å². The second-order valence-corrected chi connectivity index (χ2v) is 10.7. The van der Waals surface area contributed by atoms with Crippen LogP contribution >= 0.6 is 31.9 Å². The molecular formula is C27H32Br2O.